The zero-order valence-corrected chi connectivity index (χ0v) is 13.2. The molecule has 23 heavy (non-hydrogen) atoms. The Bertz CT molecular complexity index is 635. The number of hydrogen-bond donors (Lipinski definition) is 0. The van der Waals surface area contributed by atoms with Gasteiger partial charge in [0.25, 0.3) is 11.5 Å². The minimum atomic E-state index is -2.01. The van der Waals surface area contributed by atoms with Crippen LogP contribution in [0.15, 0.2) is 18.2 Å². The highest BCUT2D eigenvalue weighted by Crippen LogP contribution is 2.34. The van der Waals surface area contributed by atoms with Crippen molar-refractivity contribution in [2.45, 2.75) is 19.4 Å². The van der Waals surface area contributed by atoms with E-state index in [-0.39, 0.29) is 12.3 Å². The molecule has 1 heterocycles. The quantitative estimate of drug-likeness (QED) is 0.599. The molecule has 1 aromatic rings. The fraction of sp³-hybridized carbons (Fsp3) is 0.400. The van der Waals surface area contributed by atoms with Gasteiger partial charge in [-0.2, -0.15) is 0 Å². The second-order valence-electron chi connectivity index (χ2n) is 4.83. The summed E-state index contributed by atoms with van der Waals surface area (Å²) in [6.45, 7) is 2.85. The van der Waals surface area contributed by atoms with Crippen molar-refractivity contribution >= 4 is 23.7 Å². The summed E-state index contributed by atoms with van der Waals surface area (Å²) in [5, 5.41) is 0. The maximum absolute atomic E-state index is 12.6. The maximum Gasteiger partial charge on any atom is 0.423 e. The van der Waals surface area contributed by atoms with E-state index in [2.05, 4.69) is 0 Å². The number of benzene rings is 1. The number of rotatable bonds is 5. The molecule has 1 aliphatic rings. The predicted octanol–water partition coefficient (Wildman–Crippen LogP) is 1.51. The van der Waals surface area contributed by atoms with E-state index >= 15 is 0 Å². The molecule has 0 N–H and O–H groups in total. The molecule has 124 valence electrons. The van der Waals surface area contributed by atoms with Crippen LogP contribution >= 0.6 is 0 Å². The maximum atomic E-state index is 12.6. The number of hydrogen-bond acceptors (Lipinski definition) is 7. The molecule has 1 fully saturated rings. The zero-order chi connectivity index (χ0) is 17.2. The van der Waals surface area contributed by atoms with Crippen LogP contribution in [0.4, 0.5) is 10.5 Å². The van der Waals surface area contributed by atoms with Gasteiger partial charge >= 0.3 is 12.1 Å². The summed E-state index contributed by atoms with van der Waals surface area (Å²) in [4.78, 5) is 37.4. The monoisotopic (exact) mass is 323 g/mol. The topological polar surface area (TPSA) is 91.4 Å². The van der Waals surface area contributed by atoms with Crippen molar-refractivity contribution in [1.29, 1.82) is 0 Å². The number of anilines is 1. The molecule has 1 unspecified atom stereocenters. The predicted molar refractivity (Wildman–Crippen MR) is 78.6 cm³/mol. The lowest BCUT2D eigenvalue weighted by Crippen LogP contribution is -2.46. The van der Waals surface area contributed by atoms with Crippen LogP contribution < -0.4 is 14.4 Å². The Labute approximate surface area is 132 Å². The van der Waals surface area contributed by atoms with Gasteiger partial charge in [-0.25, -0.2) is 14.5 Å². The van der Waals surface area contributed by atoms with E-state index in [0.29, 0.717) is 11.5 Å². The summed E-state index contributed by atoms with van der Waals surface area (Å²) in [6.07, 6.45) is -0.971. The molecule has 8 heteroatoms. The Kier molecular flexibility index (Phi) is 4.44. The molecule has 0 aliphatic carbocycles. The van der Waals surface area contributed by atoms with Gasteiger partial charge in [-0.05, 0) is 13.8 Å². The lowest BCUT2D eigenvalue weighted by atomic mass is 10.1. The average Bonchev–Trinajstić information content (AvgIpc) is 2.77. The van der Waals surface area contributed by atoms with Crippen LogP contribution in [0.25, 0.3) is 0 Å². The number of ether oxygens (including phenoxy) is 4. The fourth-order valence-electron chi connectivity index (χ4n) is 2.10. The minimum absolute atomic E-state index is 0.0617. The Morgan fingerprint density at radius 3 is 2.22 bits per heavy atom. The molecule has 1 aromatic carbocycles. The first kappa shape index (κ1) is 16.6. The molecule has 0 spiro atoms. The lowest BCUT2D eigenvalue weighted by Gasteiger charge is -2.18. The van der Waals surface area contributed by atoms with E-state index in [4.69, 9.17) is 18.9 Å². The highest BCUT2D eigenvalue weighted by Gasteiger charge is 2.57. The number of carbonyl (C=O) groups excluding carboxylic acids is 3. The number of nitrogens with zero attached hydrogens (tertiary/aromatic N) is 1. The summed E-state index contributed by atoms with van der Waals surface area (Å²) in [7, 11) is 2.87. The largest absolute Gasteiger partial charge is 0.497 e. The summed E-state index contributed by atoms with van der Waals surface area (Å²) < 4.78 is 20.0. The van der Waals surface area contributed by atoms with Crippen LogP contribution in [-0.2, 0) is 19.1 Å². The number of amides is 2. The summed E-state index contributed by atoms with van der Waals surface area (Å²) in [6, 6.07) is 4.50. The number of cyclic esters (lactones) is 1. The van der Waals surface area contributed by atoms with Gasteiger partial charge in [-0.15, -0.1) is 0 Å². The second-order valence-corrected chi connectivity index (χ2v) is 4.83. The van der Waals surface area contributed by atoms with E-state index in [1.54, 1.807) is 13.0 Å². The fourth-order valence-corrected chi connectivity index (χ4v) is 2.10. The third kappa shape index (κ3) is 2.79. The van der Waals surface area contributed by atoms with Crippen LogP contribution in [0.1, 0.15) is 13.8 Å². The summed E-state index contributed by atoms with van der Waals surface area (Å²) in [5.41, 5.74) is -1.84. The van der Waals surface area contributed by atoms with E-state index in [1.807, 2.05) is 0 Å². The highest BCUT2D eigenvalue weighted by molar-refractivity contribution is 6.27. The molecule has 1 saturated heterocycles. The Morgan fingerprint density at radius 1 is 1.17 bits per heavy atom. The van der Waals surface area contributed by atoms with Crippen LogP contribution in [0.2, 0.25) is 0 Å². The zero-order valence-electron chi connectivity index (χ0n) is 13.2. The Hall–Kier alpha value is -2.77. The van der Waals surface area contributed by atoms with Crippen molar-refractivity contribution in [3.05, 3.63) is 18.2 Å². The van der Waals surface area contributed by atoms with E-state index in [0.717, 1.165) is 4.90 Å². The van der Waals surface area contributed by atoms with Gasteiger partial charge in [0.15, 0.2) is 0 Å². The first-order chi connectivity index (χ1) is 10.9. The third-order valence-electron chi connectivity index (χ3n) is 3.34. The highest BCUT2D eigenvalue weighted by atomic mass is 16.6. The van der Waals surface area contributed by atoms with Gasteiger partial charge in [0.05, 0.1) is 26.5 Å². The summed E-state index contributed by atoms with van der Waals surface area (Å²) >= 11 is 0. The van der Waals surface area contributed by atoms with Gasteiger partial charge in [-0.1, -0.05) is 0 Å². The number of esters is 1. The van der Waals surface area contributed by atoms with Crippen LogP contribution in [0.3, 0.4) is 0 Å². The molecule has 2 amide bonds. The molecule has 1 aliphatic heterocycles. The third-order valence-corrected chi connectivity index (χ3v) is 3.34. The van der Waals surface area contributed by atoms with Gasteiger partial charge in [0, 0.05) is 18.2 Å². The summed E-state index contributed by atoms with van der Waals surface area (Å²) in [5.74, 6) is -0.999. The Balaban J connectivity index is 2.43. The average molecular weight is 323 g/mol. The minimum Gasteiger partial charge on any atom is -0.497 e. The number of imide groups is 1. The van der Waals surface area contributed by atoms with E-state index in [9.17, 15) is 14.4 Å². The van der Waals surface area contributed by atoms with Gasteiger partial charge in [0.2, 0.25) is 0 Å². The molecule has 1 atom stereocenters. The molecule has 0 saturated carbocycles. The molecular weight excluding hydrogens is 306 g/mol. The van der Waals surface area contributed by atoms with Crippen molar-refractivity contribution in [3.8, 4) is 11.5 Å². The van der Waals surface area contributed by atoms with Crippen molar-refractivity contribution in [2.24, 2.45) is 0 Å². The SMILES string of the molecule is CCOC(=O)C1(C)OC(=O)N(c2cc(OC)cc(OC)c2)C1=O. The lowest BCUT2D eigenvalue weighted by molar-refractivity contribution is -0.164. The van der Waals surface area contributed by atoms with Crippen molar-refractivity contribution < 1.29 is 33.3 Å². The first-order valence-electron chi connectivity index (χ1n) is 6.85. The molecule has 0 bridgehead atoms. The van der Waals surface area contributed by atoms with E-state index in [1.165, 1.54) is 33.3 Å². The number of methoxy groups -OCH3 is 2. The normalized spacial score (nSPS) is 20.3. The Morgan fingerprint density at radius 2 is 1.74 bits per heavy atom. The van der Waals surface area contributed by atoms with Crippen LogP contribution in [-0.4, -0.2) is 44.4 Å². The van der Waals surface area contributed by atoms with Crippen molar-refractivity contribution in [3.63, 3.8) is 0 Å². The van der Waals surface area contributed by atoms with Gasteiger partial charge < -0.3 is 18.9 Å². The van der Waals surface area contributed by atoms with Crippen LogP contribution in [0.5, 0.6) is 11.5 Å². The molecule has 0 radical (unpaired) electrons. The van der Waals surface area contributed by atoms with Crippen LogP contribution in [0, 0.1) is 0 Å². The van der Waals surface area contributed by atoms with Crippen molar-refractivity contribution in [1.82, 2.24) is 0 Å². The first-order valence-corrected chi connectivity index (χ1v) is 6.85. The van der Waals surface area contributed by atoms with Gasteiger partial charge in [0.1, 0.15) is 11.5 Å². The molecular formula is C15H17NO7. The molecule has 0 aromatic heterocycles. The molecule has 8 nitrogen and oxygen atoms in total. The molecule has 2 rings (SSSR count). The smallest absolute Gasteiger partial charge is 0.423 e. The standard InChI is InChI=1S/C15H17NO7/c1-5-22-13(18)15(2)12(17)16(14(19)23-15)9-6-10(20-3)8-11(7-9)21-4/h6-8H,5H2,1-4H3. The second kappa shape index (κ2) is 6.15. The van der Waals surface area contributed by atoms with Crippen molar-refractivity contribution in [2.75, 3.05) is 25.7 Å². The van der Waals surface area contributed by atoms with Gasteiger partial charge in [-0.3, -0.25) is 4.79 Å². The van der Waals surface area contributed by atoms with E-state index < -0.39 is 23.6 Å². The number of carbonyl (C=O) groups is 3.